The molecule has 27 heavy (non-hydrogen) atoms. The van der Waals surface area contributed by atoms with Gasteiger partial charge < -0.3 is 20.3 Å². The van der Waals surface area contributed by atoms with Crippen molar-refractivity contribution in [3.05, 3.63) is 48.4 Å². The van der Waals surface area contributed by atoms with Crippen LogP contribution < -0.4 is 10.1 Å². The van der Waals surface area contributed by atoms with E-state index in [1.165, 1.54) is 12.3 Å². The molecule has 0 fully saturated rings. The third-order valence-corrected chi connectivity index (χ3v) is 3.61. The SMILES string of the molecule is COc1ccc(-n2cc(-c3cnc(C(=O)NCC(=O)O)c(O)c3)nn2)cc1. The highest BCUT2D eigenvalue weighted by Gasteiger charge is 2.16. The first-order valence-corrected chi connectivity index (χ1v) is 7.74. The van der Waals surface area contributed by atoms with Gasteiger partial charge in [0, 0.05) is 11.8 Å². The molecule has 0 bridgehead atoms. The lowest BCUT2D eigenvalue weighted by Crippen LogP contribution is -2.29. The number of hydrogen-bond acceptors (Lipinski definition) is 7. The molecule has 0 saturated carbocycles. The molecule has 0 aliphatic heterocycles. The van der Waals surface area contributed by atoms with Crippen LogP contribution in [-0.2, 0) is 4.79 Å². The maximum absolute atomic E-state index is 11.8. The fourth-order valence-electron chi connectivity index (χ4n) is 2.27. The Balaban J connectivity index is 1.81. The summed E-state index contributed by atoms with van der Waals surface area (Å²) in [6.45, 7) is -0.572. The number of methoxy groups -OCH3 is 1. The van der Waals surface area contributed by atoms with Gasteiger partial charge in [0.05, 0.1) is 19.0 Å². The summed E-state index contributed by atoms with van der Waals surface area (Å²) in [6, 6.07) is 8.50. The maximum atomic E-state index is 11.8. The Hall–Kier alpha value is -3.95. The average Bonchev–Trinajstić information content (AvgIpc) is 3.16. The lowest BCUT2D eigenvalue weighted by Gasteiger charge is -2.05. The van der Waals surface area contributed by atoms with Gasteiger partial charge in [-0.05, 0) is 30.3 Å². The molecule has 0 spiro atoms. The summed E-state index contributed by atoms with van der Waals surface area (Å²) in [4.78, 5) is 26.2. The highest BCUT2D eigenvalue weighted by molar-refractivity contribution is 5.96. The molecule has 10 nitrogen and oxygen atoms in total. The van der Waals surface area contributed by atoms with Crippen LogP contribution in [0.15, 0.2) is 42.7 Å². The van der Waals surface area contributed by atoms with E-state index in [0.717, 1.165) is 5.69 Å². The van der Waals surface area contributed by atoms with Crippen LogP contribution >= 0.6 is 0 Å². The molecular formula is C17H15N5O5. The quantitative estimate of drug-likeness (QED) is 0.581. The number of pyridine rings is 1. The number of aromatic hydroxyl groups is 1. The van der Waals surface area contributed by atoms with E-state index in [9.17, 15) is 14.7 Å². The molecular weight excluding hydrogens is 354 g/mol. The molecule has 3 N–H and O–H groups in total. The topological polar surface area (TPSA) is 139 Å². The zero-order valence-electron chi connectivity index (χ0n) is 14.2. The summed E-state index contributed by atoms with van der Waals surface area (Å²) >= 11 is 0. The number of aliphatic carboxylic acids is 1. The first-order valence-electron chi connectivity index (χ1n) is 7.74. The summed E-state index contributed by atoms with van der Waals surface area (Å²) in [5.74, 6) is -1.67. The number of aromatic nitrogens is 4. The number of nitrogens with zero attached hydrogens (tertiary/aromatic N) is 4. The van der Waals surface area contributed by atoms with Gasteiger partial charge >= 0.3 is 5.97 Å². The smallest absolute Gasteiger partial charge is 0.322 e. The Morgan fingerprint density at radius 3 is 2.63 bits per heavy atom. The van der Waals surface area contributed by atoms with Crippen LogP contribution in [0.1, 0.15) is 10.5 Å². The van der Waals surface area contributed by atoms with Gasteiger partial charge in [0.15, 0.2) is 5.69 Å². The Kier molecular flexibility index (Phi) is 4.97. The van der Waals surface area contributed by atoms with Crippen molar-refractivity contribution in [3.8, 4) is 28.4 Å². The van der Waals surface area contributed by atoms with E-state index >= 15 is 0 Å². The van der Waals surface area contributed by atoms with E-state index in [-0.39, 0.29) is 5.69 Å². The molecule has 10 heteroatoms. The summed E-state index contributed by atoms with van der Waals surface area (Å²) in [5, 5.41) is 28.8. The van der Waals surface area contributed by atoms with Gasteiger partial charge in [0.2, 0.25) is 0 Å². The number of hydrogen-bond donors (Lipinski definition) is 3. The highest BCUT2D eigenvalue weighted by Crippen LogP contribution is 2.24. The minimum absolute atomic E-state index is 0.275. The molecule has 0 saturated heterocycles. The molecule has 3 rings (SSSR count). The van der Waals surface area contributed by atoms with Crippen LogP contribution in [0.25, 0.3) is 16.9 Å². The first-order chi connectivity index (χ1) is 13.0. The number of rotatable bonds is 6. The second kappa shape index (κ2) is 7.52. The molecule has 0 aliphatic rings. The van der Waals surface area contributed by atoms with Crippen molar-refractivity contribution >= 4 is 11.9 Å². The van der Waals surface area contributed by atoms with Crippen molar-refractivity contribution in [1.29, 1.82) is 0 Å². The molecule has 0 radical (unpaired) electrons. The van der Waals surface area contributed by atoms with E-state index in [2.05, 4.69) is 20.6 Å². The number of amides is 1. The highest BCUT2D eigenvalue weighted by atomic mass is 16.5. The van der Waals surface area contributed by atoms with Crippen molar-refractivity contribution < 1.29 is 24.5 Å². The van der Waals surface area contributed by atoms with Gasteiger partial charge in [-0.2, -0.15) is 0 Å². The maximum Gasteiger partial charge on any atom is 0.322 e. The molecule has 3 aromatic rings. The normalized spacial score (nSPS) is 10.4. The Morgan fingerprint density at radius 2 is 2.00 bits per heavy atom. The van der Waals surface area contributed by atoms with Gasteiger partial charge in [0.1, 0.15) is 23.7 Å². The van der Waals surface area contributed by atoms with Crippen molar-refractivity contribution in [3.63, 3.8) is 0 Å². The summed E-state index contributed by atoms with van der Waals surface area (Å²) in [5.41, 5.74) is 1.37. The van der Waals surface area contributed by atoms with Crippen molar-refractivity contribution in [1.82, 2.24) is 25.3 Å². The van der Waals surface area contributed by atoms with E-state index < -0.39 is 24.2 Å². The first kappa shape index (κ1) is 17.9. The average molecular weight is 369 g/mol. The number of nitrogens with one attached hydrogen (secondary N) is 1. The minimum Gasteiger partial charge on any atom is -0.505 e. The van der Waals surface area contributed by atoms with Crippen LogP contribution in [0.4, 0.5) is 0 Å². The van der Waals surface area contributed by atoms with Gasteiger partial charge in [-0.3, -0.25) is 9.59 Å². The second-order valence-electron chi connectivity index (χ2n) is 5.41. The number of carboxylic acid groups (broad SMARTS) is 1. The lowest BCUT2D eigenvalue weighted by atomic mass is 10.2. The number of carbonyl (C=O) groups excluding carboxylic acids is 1. The standard InChI is InChI=1S/C17H15N5O5/c1-27-12-4-2-11(3-5-12)22-9-13(20-21-22)10-6-14(23)16(18-7-10)17(26)19-8-15(24)25/h2-7,9,23H,8H2,1H3,(H,19,26)(H,24,25). The monoisotopic (exact) mass is 369 g/mol. The lowest BCUT2D eigenvalue weighted by molar-refractivity contribution is -0.135. The van der Waals surface area contributed by atoms with Crippen LogP contribution in [-0.4, -0.2) is 55.7 Å². The van der Waals surface area contributed by atoms with Crippen LogP contribution in [0, 0.1) is 0 Å². The Labute approximate surface area is 153 Å². The molecule has 138 valence electrons. The Morgan fingerprint density at radius 1 is 1.26 bits per heavy atom. The third kappa shape index (κ3) is 4.00. The van der Waals surface area contributed by atoms with E-state index in [4.69, 9.17) is 9.84 Å². The molecule has 0 aliphatic carbocycles. The number of benzene rings is 1. The molecule has 1 amide bonds. The number of ether oxygens (including phenoxy) is 1. The molecule has 0 atom stereocenters. The van der Waals surface area contributed by atoms with Gasteiger partial charge in [-0.1, -0.05) is 5.21 Å². The zero-order chi connectivity index (χ0) is 19.4. The number of carbonyl (C=O) groups is 2. The van der Waals surface area contributed by atoms with Crippen molar-refractivity contribution in [2.24, 2.45) is 0 Å². The van der Waals surface area contributed by atoms with Crippen molar-refractivity contribution in [2.45, 2.75) is 0 Å². The van der Waals surface area contributed by atoms with Crippen molar-refractivity contribution in [2.75, 3.05) is 13.7 Å². The third-order valence-electron chi connectivity index (χ3n) is 3.61. The van der Waals surface area contributed by atoms with Crippen LogP contribution in [0.2, 0.25) is 0 Å². The summed E-state index contributed by atoms with van der Waals surface area (Å²) in [6.07, 6.45) is 2.99. The van der Waals surface area contributed by atoms with Gasteiger partial charge in [0.25, 0.3) is 5.91 Å². The predicted octanol–water partition coefficient (Wildman–Crippen LogP) is 0.858. The summed E-state index contributed by atoms with van der Waals surface area (Å²) < 4.78 is 6.65. The Bertz CT molecular complexity index is 984. The minimum atomic E-state index is -1.20. The predicted molar refractivity (Wildman–Crippen MR) is 92.8 cm³/mol. The zero-order valence-corrected chi connectivity index (χ0v) is 14.2. The van der Waals surface area contributed by atoms with E-state index in [0.29, 0.717) is 17.0 Å². The largest absolute Gasteiger partial charge is 0.505 e. The number of carboxylic acids is 1. The van der Waals surface area contributed by atoms with E-state index in [1.54, 1.807) is 30.1 Å². The molecule has 2 heterocycles. The van der Waals surface area contributed by atoms with Crippen LogP contribution in [0.5, 0.6) is 11.5 Å². The fourth-order valence-corrected chi connectivity index (χ4v) is 2.27. The second-order valence-corrected chi connectivity index (χ2v) is 5.41. The van der Waals surface area contributed by atoms with Crippen LogP contribution in [0.3, 0.4) is 0 Å². The molecule has 2 aromatic heterocycles. The van der Waals surface area contributed by atoms with Gasteiger partial charge in [-0.25, -0.2) is 9.67 Å². The molecule has 0 unspecified atom stereocenters. The van der Waals surface area contributed by atoms with E-state index in [1.807, 2.05) is 12.1 Å². The molecule has 1 aromatic carbocycles. The van der Waals surface area contributed by atoms with Gasteiger partial charge in [-0.15, -0.1) is 5.10 Å². The fraction of sp³-hybridized carbons (Fsp3) is 0.118. The summed E-state index contributed by atoms with van der Waals surface area (Å²) in [7, 11) is 1.58.